The van der Waals surface area contributed by atoms with Crippen molar-refractivity contribution < 1.29 is 9.59 Å². The Hall–Kier alpha value is -2.73. The van der Waals surface area contributed by atoms with E-state index in [9.17, 15) is 9.59 Å². The summed E-state index contributed by atoms with van der Waals surface area (Å²) in [5, 5.41) is 0.944. The zero-order valence-corrected chi connectivity index (χ0v) is 16.9. The van der Waals surface area contributed by atoms with Gasteiger partial charge in [-0.1, -0.05) is 24.3 Å². The average molecular weight is 394 g/mol. The van der Waals surface area contributed by atoms with Crippen LogP contribution in [0.2, 0.25) is 0 Å². The number of hydrogen-bond donors (Lipinski definition) is 0. The van der Waals surface area contributed by atoms with Crippen molar-refractivity contribution in [3.63, 3.8) is 0 Å². The number of thiazole rings is 1. The van der Waals surface area contributed by atoms with Gasteiger partial charge in [-0.2, -0.15) is 0 Å². The Balaban J connectivity index is 1.43. The van der Waals surface area contributed by atoms with Gasteiger partial charge in [0.15, 0.2) is 0 Å². The molecule has 3 aromatic rings. The summed E-state index contributed by atoms with van der Waals surface area (Å²) in [6.07, 6.45) is 1.86. The number of hydrogen-bond acceptors (Lipinski definition) is 4. The molecule has 0 aliphatic carbocycles. The molecule has 0 unspecified atom stereocenters. The minimum atomic E-state index is -0.0774. The van der Waals surface area contributed by atoms with Gasteiger partial charge in [0, 0.05) is 25.7 Å². The molecule has 0 saturated carbocycles. The van der Waals surface area contributed by atoms with E-state index in [0.29, 0.717) is 12.8 Å². The summed E-state index contributed by atoms with van der Waals surface area (Å²) < 4.78 is 1.14. The molecule has 2 heterocycles. The van der Waals surface area contributed by atoms with Gasteiger partial charge < -0.3 is 9.80 Å². The molecule has 1 fully saturated rings. The van der Waals surface area contributed by atoms with E-state index in [1.54, 1.807) is 16.2 Å². The fourth-order valence-corrected chi connectivity index (χ4v) is 4.53. The van der Waals surface area contributed by atoms with Crippen molar-refractivity contribution in [1.29, 1.82) is 0 Å². The number of para-hydroxylation sites is 1. The first kappa shape index (κ1) is 18.6. The van der Waals surface area contributed by atoms with Crippen molar-refractivity contribution in [2.45, 2.75) is 32.2 Å². The van der Waals surface area contributed by atoms with Crippen LogP contribution in [0.15, 0.2) is 48.5 Å². The molecule has 5 nitrogen and oxygen atoms in total. The number of fused-ring (bicyclic) bond motifs is 1. The fourth-order valence-electron chi connectivity index (χ4n) is 3.46. The van der Waals surface area contributed by atoms with E-state index < -0.39 is 0 Å². The molecule has 1 saturated heterocycles. The molecule has 2 aromatic carbocycles. The summed E-state index contributed by atoms with van der Waals surface area (Å²) in [7, 11) is 1.83. The van der Waals surface area contributed by atoms with Gasteiger partial charge in [0.25, 0.3) is 0 Å². The number of benzene rings is 2. The van der Waals surface area contributed by atoms with Gasteiger partial charge in [-0.15, -0.1) is 11.3 Å². The summed E-state index contributed by atoms with van der Waals surface area (Å²) in [5.74, 6) is 0.227. The monoisotopic (exact) mass is 393 g/mol. The first-order chi connectivity index (χ1) is 13.5. The molecule has 28 heavy (non-hydrogen) atoms. The van der Waals surface area contributed by atoms with Gasteiger partial charge in [-0.25, -0.2) is 4.98 Å². The highest BCUT2D eigenvalue weighted by atomic mass is 32.1. The number of amides is 2. The molecule has 0 bridgehead atoms. The fraction of sp³-hybridized carbons (Fsp3) is 0.318. The van der Waals surface area contributed by atoms with E-state index in [4.69, 9.17) is 0 Å². The number of nitrogens with zero attached hydrogens (tertiary/aromatic N) is 3. The summed E-state index contributed by atoms with van der Waals surface area (Å²) in [5.41, 5.74) is 2.83. The van der Waals surface area contributed by atoms with E-state index >= 15 is 0 Å². The Bertz CT molecular complexity index is 979. The van der Waals surface area contributed by atoms with Crippen molar-refractivity contribution in [3.8, 4) is 0 Å². The van der Waals surface area contributed by atoms with Gasteiger partial charge in [0.05, 0.1) is 22.7 Å². The largest absolute Gasteiger partial charge is 0.336 e. The number of likely N-dealkylation sites (N-methyl/N-ethyl adjacent to an activating group) is 1. The van der Waals surface area contributed by atoms with E-state index in [1.807, 2.05) is 61.3 Å². The summed E-state index contributed by atoms with van der Waals surface area (Å²) in [4.78, 5) is 32.9. The Morgan fingerprint density at radius 1 is 1.21 bits per heavy atom. The smallest absolute Gasteiger partial charge is 0.227 e. The number of carbonyl (C=O) groups is 2. The topological polar surface area (TPSA) is 53.5 Å². The molecule has 1 aliphatic heterocycles. The second-order valence-corrected chi connectivity index (χ2v) is 8.25. The van der Waals surface area contributed by atoms with Crippen LogP contribution in [0.5, 0.6) is 0 Å². The summed E-state index contributed by atoms with van der Waals surface area (Å²) in [6.45, 7) is 2.79. The van der Waals surface area contributed by atoms with Crippen LogP contribution in [0.4, 0.5) is 5.69 Å². The Labute approximate surface area is 168 Å². The second-order valence-electron chi connectivity index (χ2n) is 7.19. The normalized spacial score (nSPS) is 15.2. The van der Waals surface area contributed by atoms with Gasteiger partial charge in [-0.3, -0.25) is 9.59 Å². The maximum absolute atomic E-state index is 12.8. The minimum Gasteiger partial charge on any atom is -0.336 e. The SMILES string of the molecule is C[C@@H](c1nc2ccccc2s1)N(C)C(=O)Cc1ccc(N2CCCC2=O)cc1. The zero-order valence-electron chi connectivity index (χ0n) is 16.1. The molecule has 1 aliphatic rings. The molecule has 2 amide bonds. The first-order valence-electron chi connectivity index (χ1n) is 9.53. The maximum Gasteiger partial charge on any atom is 0.227 e. The third kappa shape index (κ3) is 3.64. The highest BCUT2D eigenvalue weighted by Gasteiger charge is 2.23. The van der Waals surface area contributed by atoms with Crippen LogP contribution < -0.4 is 4.90 Å². The van der Waals surface area contributed by atoms with Crippen LogP contribution in [0.3, 0.4) is 0 Å². The van der Waals surface area contributed by atoms with Crippen molar-refractivity contribution in [1.82, 2.24) is 9.88 Å². The standard InChI is InChI=1S/C22H23N3O2S/c1-15(22-23-18-6-3-4-7-19(18)28-22)24(2)21(27)14-16-9-11-17(12-10-16)25-13-5-8-20(25)26/h3-4,6-7,9-12,15H,5,8,13-14H2,1-2H3/t15-/m0/s1. The molecular formula is C22H23N3O2S. The molecule has 1 aromatic heterocycles. The van der Waals surface area contributed by atoms with Gasteiger partial charge >= 0.3 is 0 Å². The van der Waals surface area contributed by atoms with Crippen LogP contribution in [0.1, 0.15) is 36.4 Å². The van der Waals surface area contributed by atoms with E-state index in [-0.39, 0.29) is 17.9 Å². The second kappa shape index (κ2) is 7.72. The van der Waals surface area contributed by atoms with Crippen LogP contribution in [-0.4, -0.2) is 35.3 Å². The number of rotatable bonds is 5. The Morgan fingerprint density at radius 3 is 2.64 bits per heavy atom. The van der Waals surface area contributed by atoms with E-state index in [0.717, 1.165) is 39.4 Å². The van der Waals surface area contributed by atoms with Crippen molar-refractivity contribution >= 4 is 39.1 Å². The Morgan fingerprint density at radius 2 is 1.96 bits per heavy atom. The quantitative estimate of drug-likeness (QED) is 0.653. The molecule has 1 atom stereocenters. The Kier molecular flexibility index (Phi) is 5.13. The third-order valence-corrected chi connectivity index (χ3v) is 6.53. The lowest BCUT2D eigenvalue weighted by atomic mass is 10.1. The first-order valence-corrected chi connectivity index (χ1v) is 10.3. The van der Waals surface area contributed by atoms with Crippen LogP contribution >= 0.6 is 11.3 Å². The highest BCUT2D eigenvalue weighted by Crippen LogP contribution is 2.29. The number of anilines is 1. The van der Waals surface area contributed by atoms with Crippen molar-refractivity contribution in [3.05, 3.63) is 59.1 Å². The molecule has 0 spiro atoms. The predicted octanol–water partition coefficient (Wildman–Crippen LogP) is 4.19. The molecule has 0 N–H and O–H groups in total. The number of aromatic nitrogens is 1. The lowest BCUT2D eigenvalue weighted by Gasteiger charge is -2.23. The molecule has 4 rings (SSSR count). The average Bonchev–Trinajstić information content (AvgIpc) is 3.33. The summed E-state index contributed by atoms with van der Waals surface area (Å²) >= 11 is 1.63. The van der Waals surface area contributed by atoms with Crippen molar-refractivity contribution in [2.24, 2.45) is 0 Å². The van der Waals surface area contributed by atoms with Crippen LogP contribution in [0.25, 0.3) is 10.2 Å². The van der Waals surface area contributed by atoms with Gasteiger partial charge in [0.2, 0.25) is 11.8 Å². The van der Waals surface area contributed by atoms with Crippen LogP contribution in [-0.2, 0) is 16.0 Å². The highest BCUT2D eigenvalue weighted by molar-refractivity contribution is 7.18. The molecule has 6 heteroatoms. The van der Waals surface area contributed by atoms with Gasteiger partial charge in [-0.05, 0) is 43.2 Å². The lowest BCUT2D eigenvalue weighted by molar-refractivity contribution is -0.131. The molecule has 144 valence electrons. The van der Waals surface area contributed by atoms with Crippen molar-refractivity contribution in [2.75, 3.05) is 18.5 Å². The lowest BCUT2D eigenvalue weighted by Crippen LogP contribution is -2.31. The zero-order chi connectivity index (χ0) is 19.7. The van der Waals surface area contributed by atoms with Gasteiger partial charge in [0.1, 0.15) is 5.01 Å². The van der Waals surface area contributed by atoms with E-state index in [1.165, 1.54) is 0 Å². The minimum absolute atomic E-state index is 0.0526. The third-order valence-electron chi connectivity index (χ3n) is 5.32. The maximum atomic E-state index is 12.8. The predicted molar refractivity (Wildman–Crippen MR) is 113 cm³/mol. The molecule has 0 radical (unpaired) electrons. The van der Waals surface area contributed by atoms with Crippen LogP contribution in [0, 0.1) is 0 Å². The summed E-state index contributed by atoms with van der Waals surface area (Å²) in [6, 6.07) is 15.7. The molecular weight excluding hydrogens is 370 g/mol. The number of carbonyl (C=O) groups excluding carboxylic acids is 2. The van der Waals surface area contributed by atoms with E-state index in [2.05, 4.69) is 11.1 Å².